The Bertz CT molecular complexity index is 730. The molecular formula is C14H13N3O5S. The largest absolute Gasteiger partial charge is 0.494 e. The minimum absolute atomic E-state index is 0.0790. The van der Waals surface area contributed by atoms with Crippen molar-refractivity contribution in [3.05, 3.63) is 52.5 Å². The molecule has 0 saturated carbocycles. The molecule has 0 fully saturated rings. The molecule has 2 rings (SSSR count). The van der Waals surface area contributed by atoms with Gasteiger partial charge in [0.25, 0.3) is 11.6 Å². The Morgan fingerprint density at radius 1 is 1.43 bits per heavy atom. The number of nitro benzene ring substituents is 1. The molecule has 0 aliphatic carbocycles. The number of rotatable bonds is 5. The lowest BCUT2D eigenvalue weighted by atomic mass is 10.2. The van der Waals surface area contributed by atoms with Gasteiger partial charge in [-0.1, -0.05) is 0 Å². The van der Waals surface area contributed by atoms with E-state index in [0.29, 0.717) is 12.4 Å². The van der Waals surface area contributed by atoms with E-state index in [1.54, 1.807) is 19.1 Å². The molecule has 0 aliphatic heterocycles. The van der Waals surface area contributed by atoms with Crippen LogP contribution < -0.4 is 15.4 Å². The van der Waals surface area contributed by atoms with Crippen molar-refractivity contribution in [1.29, 1.82) is 0 Å². The molecule has 0 bridgehead atoms. The first-order chi connectivity index (χ1) is 11.0. The summed E-state index contributed by atoms with van der Waals surface area (Å²) in [5, 5.41) is 16.0. The average molecular weight is 335 g/mol. The number of nitrogens with one attached hydrogen (secondary N) is 2. The van der Waals surface area contributed by atoms with Gasteiger partial charge in [-0.15, -0.1) is 0 Å². The maximum atomic E-state index is 11.8. The number of nitrogens with zero attached hydrogens (tertiary/aromatic N) is 1. The third-order valence-electron chi connectivity index (χ3n) is 2.70. The van der Waals surface area contributed by atoms with Gasteiger partial charge < -0.3 is 14.5 Å². The molecule has 1 heterocycles. The fourth-order valence-corrected chi connectivity index (χ4v) is 1.95. The first-order valence-electron chi connectivity index (χ1n) is 6.58. The topological polar surface area (TPSA) is 107 Å². The summed E-state index contributed by atoms with van der Waals surface area (Å²) in [6.07, 6.45) is 1.35. The van der Waals surface area contributed by atoms with Crippen molar-refractivity contribution in [2.75, 3.05) is 11.9 Å². The lowest BCUT2D eigenvalue weighted by Gasteiger charge is -2.10. The quantitative estimate of drug-likeness (QED) is 0.491. The standard InChI is InChI=1S/C14H13N3O5S/c1-2-21-9-5-6-10(11(8-9)17(19)20)15-14(23)16-13(18)12-4-3-7-22-12/h3-8H,2H2,1H3,(H2,15,16,18,23). The summed E-state index contributed by atoms with van der Waals surface area (Å²) in [6, 6.07) is 7.33. The van der Waals surface area contributed by atoms with Crippen LogP contribution in [0.25, 0.3) is 0 Å². The maximum absolute atomic E-state index is 11.8. The van der Waals surface area contributed by atoms with Crippen LogP contribution in [0, 0.1) is 10.1 Å². The number of furan rings is 1. The van der Waals surface area contributed by atoms with Crippen LogP contribution in [0.2, 0.25) is 0 Å². The first kappa shape index (κ1) is 16.4. The summed E-state index contributed by atoms with van der Waals surface area (Å²) < 4.78 is 10.1. The van der Waals surface area contributed by atoms with Crippen LogP contribution in [0.4, 0.5) is 11.4 Å². The second kappa shape index (κ2) is 7.36. The van der Waals surface area contributed by atoms with Crippen molar-refractivity contribution < 1.29 is 18.9 Å². The lowest BCUT2D eigenvalue weighted by molar-refractivity contribution is -0.384. The third-order valence-corrected chi connectivity index (χ3v) is 2.90. The summed E-state index contributed by atoms with van der Waals surface area (Å²) >= 11 is 4.98. The fraction of sp³-hybridized carbons (Fsp3) is 0.143. The maximum Gasteiger partial charge on any atom is 0.296 e. The number of anilines is 1. The highest BCUT2D eigenvalue weighted by Gasteiger charge is 2.17. The van der Waals surface area contributed by atoms with Crippen LogP contribution in [0.3, 0.4) is 0 Å². The second-order valence-electron chi connectivity index (χ2n) is 4.25. The van der Waals surface area contributed by atoms with Crippen molar-refractivity contribution in [2.24, 2.45) is 0 Å². The van der Waals surface area contributed by atoms with E-state index >= 15 is 0 Å². The zero-order valence-corrected chi connectivity index (χ0v) is 12.9. The Morgan fingerprint density at radius 2 is 2.22 bits per heavy atom. The number of hydrogen-bond acceptors (Lipinski definition) is 6. The number of carbonyl (C=O) groups excluding carboxylic acids is 1. The van der Waals surface area contributed by atoms with Gasteiger partial charge in [0.15, 0.2) is 10.9 Å². The number of thiocarbonyl (C=S) groups is 1. The van der Waals surface area contributed by atoms with Gasteiger partial charge in [0, 0.05) is 0 Å². The molecule has 0 atom stereocenters. The van der Waals surface area contributed by atoms with E-state index in [0.717, 1.165) is 0 Å². The van der Waals surface area contributed by atoms with Gasteiger partial charge in [-0.05, 0) is 43.4 Å². The molecule has 9 heteroatoms. The summed E-state index contributed by atoms with van der Waals surface area (Å²) in [5.41, 5.74) is -0.0752. The molecule has 120 valence electrons. The SMILES string of the molecule is CCOc1ccc(NC(=S)NC(=O)c2ccco2)c([N+](=O)[O-])c1. The Labute approximate surface area is 136 Å². The highest BCUT2D eigenvalue weighted by Crippen LogP contribution is 2.29. The molecule has 0 radical (unpaired) electrons. The molecule has 0 unspecified atom stereocenters. The van der Waals surface area contributed by atoms with Gasteiger partial charge in [-0.3, -0.25) is 20.2 Å². The van der Waals surface area contributed by atoms with Crippen molar-refractivity contribution in [2.45, 2.75) is 6.92 Å². The zero-order valence-electron chi connectivity index (χ0n) is 12.1. The van der Waals surface area contributed by atoms with Gasteiger partial charge in [0.1, 0.15) is 11.4 Å². The molecule has 0 saturated heterocycles. The molecule has 0 spiro atoms. The van der Waals surface area contributed by atoms with Crippen molar-refractivity contribution in [3.8, 4) is 5.75 Å². The predicted octanol–water partition coefficient (Wildman–Crippen LogP) is 2.71. The van der Waals surface area contributed by atoms with E-state index < -0.39 is 10.8 Å². The number of ether oxygens (including phenoxy) is 1. The number of carbonyl (C=O) groups is 1. The minimum Gasteiger partial charge on any atom is -0.494 e. The minimum atomic E-state index is -0.568. The molecule has 8 nitrogen and oxygen atoms in total. The van der Waals surface area contributed by atoms with E-state index in [2.05, 4.69) is 10.6 Å². The molecule has 2 N–H and O–H groups in total. The van der Waals surface area contributed by atoms with Gasteiger partial charge >= 0.3 is 0 Å². The number of benzene rings is 1. The van der Waals surface area contributed by atoms with Crippen molar-refractivity contribution in [1.82, 2.24) is 5.32 Å². The molecule has 0 aliphatic rings. The molecule has 23 heavy (non-hydrogen) atoms. The van der Waals surface area contributed by atoms with E-state index in [1.165, 1.54) is 24.5 Å². The normalized spacial score (nSPS) is 9.96. The van der Waals surface area contributed by atoms with Crippen LogP contribution in [-0.4, -0.2) is 22.5 Å². The summed E-state index contributed by atoms with van der Waals surface area (Å²) in [4.78, 5) is 22.3. The first-order valence-corrected chi connectivity index (χ1v) is 6.99. The highest BCUT2D eigenvalue weighted by atomic mass is 32.1. The van der Waals surface area contributed by atoms with Crippen LogP contribution >= 0.6 is 12.2 Å². The van der Waals surface area contributed by atoms with Crippen LogP contribution in [0.15, 0.2) is 41.0 Å². The monoisotopic (exact) mass is 335 g/mol. The molecule has 1 aromatic carbocycles. The Kier molecular flexibility index (Phi) is 5.26. The number of hydrogen-bond donors (Lipinski definition) is 2. The van der Waals surface area contributed by atoms with Crippen LogP contribution in [0.5, 0.6) is 5.75 Å². The van der Waals surface area contributed by atoms with E-state index in [1.807, 2.05) is 0 Å². The van der Waals surface area contributed by atoms with Crippen LogP contribution in [-0.2, 0) is 0 Å². The van der Waals surface area contributed by atoms with E-state index in [4.69, 9.17) is 21.4 Å². The average Bonchev–Trinajstić information content (AvgIpc) is 3.03. The summed E-state index contributed by atoms with van der Waals surface area (Å²) in [7, 11) is 0. The van der Waals surface area contributed by atoms with Crippen LogP contribution in [0.1, 0.15) is 17.5 Å². The van der Waals surface area contributed by atoms with Gasteiger partial charge in [-0.25, -0.2) is 0 Å². The van der Waals surface area contributed by atoms with E-state index in [9.17, 15) is 14.9 Å². The van der Waals surface area contributed by atoms with Crippen molar-refractivity contribution in [3.63, 3.8) is 0 Å². The second-order valence-corrected chi connectivity index (χ2v) is 4.66. The van der Waals surface area contributed by atoms with Gasteiger partial charge in [0.05, 0.1) is 23.9 Å². The molecule has 2 aromatic rings. The van der Waals surface area contributed by atoms with Gasteiger partial charge in [-0.2, -0.15) is 0 Å². The Morgan fingerprint density at radius 3 is 2.83 bits per heavy atom. The number of nitro groups is 1. The molecule has 1 amide bonds. The highest BCUT2D eigenvalue weighted by molar-refractivity contribution is 7.80. The van der Waals surface area contributed by atoms with Gasteiger partial charge in [0.2, 0.25) is 0 Å². The summed E-state index contributed by atoms with van der Waals surface area (Å²) in [5.74, 6) is -0.105. The fourth-order valence-electron chi connectivity index (χ4n) is 1.75. The Balaban J connectivity index is 2.11. The van der Waals surface area contributed by atoms with E-state index in [-0.39, 0.29) is 22.2 Å². The Hall–Kier alpha value is -2.94. The molecular weight excluding hydrogens is 322 g/mol. The number of amides is 1. The van der Waals surface area contributed by atoms with Crippen molar-refractivity contribution >= 4 is 34.6 Å². The molecule has 1 aromatic heterocycles. The summed E-state index contributed by atoms with van der Waals surface area (Å²) in [6.45, 7) is 2.17. The third kappa shape index (κ3) is 4.27. The zero-order chi connectivity index (χ0) is 16.8. The smallest absolute Gasteiger partial charge is 0.296 e. The predicted molar refractivity (Wildman–Crippen MR) is 86.7 cm³/mol. The lowest BCUT2D eigenvalue weighted by Crippen LogP contribution is -2.34.